The van der Waals surface area contributed by atoms with Crippen LogP contribution in [-0.2, 0) is 17.3 Å². The van der Waals surface area contributed by atoms with E-state index in [2.05, 4.69) is 60.6 Å². The molecule has 0 aliphatic rings. The third kappa shape index (κ3) is 5.53. The zero-order chi connectivity index (χ0) is 17.0. The highest BCUT2D eigenvalue weighted by Gasteiger charge is 2.26. The van der Waals surface area contributed by atoms with Crippen molar-refractivity contribution in [3.8, 4) is 5.75 Å². The SMILES string of the molecule is CCCCSCCc1cc(C(C)(C)C)c(O)c(C(C)(C)C)c1. The molecule has 0 unspecified atom stereocenters. The van der Waals surface area contributed by atoms with E-state index < -0.39 is 0 Å². The van der Waals surface area contributed by atoms with Crippen molar-refractivity contribution in [2.45, 2.75) is 78.6 Å². The van der Waals surface area contributed by atoms with Gasteiger partial charge in [0, 0.05) is 0 Å². The van der Waals surface area contributed by atoms with Crippen molar-refractivity contribution < 1.29 is 5.11 Å². The Bertz CT molecular complexity index is 442. The van der Waals surface area contributed by atoms with E-state index in [4.69, 9.17) is 0 Å². The van der Waals surface area contributed by atoms with Crippen LogP contribution in [-0.4, -0.2) is 16.6 Å². The van der Waals surface area contributed by atoms with Gasteiger partial charge in [0.25, 0.3) is 0 Å². The van der Waals surface area contributed by atoms with Gasteiger partial charge in [-0.05, 0) is 51.9 Å². The van der Waals surface area contributed by atoms with Gasteiger partial charge in [0.15, 0.2) is 0 Å². The summed E-state index contributed by atoms with van der Waals surface area (Å²) in [6, 6.07) is 4.43. The number of phenolic OH excluding ortho intramolecular Hbond substituents is 1. The lowest BCUT2D eigenvalue weighted by atomic mass is 9.78. The molecule has 0 aromatic heterocycles. The highest BCUT2D eigenvalue weighted by atomic mass is 32.2. The van der Waals surface area contributed by atoms with Gasteiger partial charge in [-0.15, -0.1) is 0 Å². The minimum Gasteiger partial charge on any atom is -0.507 e. The molecule has 0 aliphatic heterocycles. The second-order valence-corrected chi connectivity index (χ2v) is 9.48. The van der Waals surface area contributed by atoms with Crippen molar-refractivity contribution in [3.05, 3.63) is 28.8 Å². The average Bonchev–Trinajstić information content (AvgIpc) is 2.37. The van der Waals surface area contributed by atoms with Crippen LogP contribution < -0.4 is 0 Å². The van der Waals surface area contributed by atoms with Gasteiger partial charge in [-0.25, -0.2) is 0 Å². The molecule has 0 radical (unpaired) electrons. The predicted molar refractivity (Wildman–Crippen MR) is 101 cm³/mol. The highest BCUT2D eigenvalue weighted by molar-refractivity contribution is 7.99. The van der Waals surface area contributed by atoms with E-state index in [1.54, 1.807) is 0 Å². The smallest absolute Gasteiger partial charge is 0.123 e. The molecule has 1 aromatic rings. The van der Waals surface area contributed by atoms with Crippen molar-refractivity contribution in [2.75, 3.05) is 11.5 Å². The zero-order valence-corrected chi connectivity index (χ0v) is 16.4. The van der Waals surface area contributed by atoms with Gasteiger partial charge in [0.05, 0.1) is 0 Å². The molecule has 1 aromatic carbocycles. The van der Waals surface area contributed by atoms with Crippen LogP contribution in [0.2, 0.25) is 0 Å². The van der Waals surface area contributed by atoms with Crippen molar-refractivity contribution in [1.82, 2.24) is 0 Å². The van der Waals surface area contributed by atoms with E-state index in [1.807, 2.05) is 11.8 Å². The summed E-state index contributed by atoms with van der Waals surface area (Å²) in [7, 11) is 0. The van der Waals surface area contributed by atoms with E-state index >= 15 is 0 Å². The summed E-state index contributed by atoms with van der Waals surface area (Å²) in [5, 5.41) is 10.7. The average molecular weight is 323 g/mol. The first-order chi connectivity index (χ1) is 10.1. The molecule has 0 heterocycles. The van der Waals surface area contributed by atoms with Crippen LogP contribution in [0.25, 0.3) is 0 Å². The van der Waals surface area contributed by atoms with Crippen LogP contribution in [0.5, 0.6) is 5.75 Å². The van der Waals surface area contributed by atoms with Crippen LogP contribution in [0.3, 0.4) is 0 Å². The normalized spacial score (nSPS) is 12.7. The monoisotopic (exact) mass is 322 g/mol. The highest BCUT2D eigenvalue weighted by Crippen LogP contribution is 2.39. The largest absolute Gasteiger partial charge is 0.507 e. The quantitative estimate of drug-likeness (QED) is 0.642. The molecule has 1 rings (SSSR count). The molecule has 0 aliphatic carbocycles. The number of aryl methyl sites for hydroxylation is 1. The minimum absolute atomic E-state index is 0.0323. The maximum absolute atomic E-state index is 10.7. The number of unbranched alkanes of at least 4 members (excludes halogenated alkanes) is 1. The fourth-order valence-corrected chi connectivity index (χ4v) is 3.60. The molecule has 126 valence electrons. The number of aromatic hydroxyl groups is 1. The number of thioether (sulfide) groups is 1. The fraction of sp³-hybridized carbons (Fsp3) is 0.700. The summed E-state index contributed by atoms with van der Waals surface area (Å²) < 4.78 is 0. The number of benzene rings is 1. The van der Waals surface area contributed by atoms with E-state index in [9.17, 15) is 5.11 Å². The number of phenols is 1. The number of hydrogen-bond acceptors (Lipinski definition) is 2. The van der Waals surface area contributed by atoms with Crippen LogP contribution in [0.4, 0.5) is 0 Å². The summed E-state index contributed by atoms with van der Waals surface area (Å²) in [6.07, 6.45) is 3.66. The minimum atomic E-state index is -0.0323. The molecule has 0 spiro atoms. The molecule has 1 nitrogen and oxygen atoms in total. The molecule has 0 fully saturated rings. The number of rotatable bonds is 6. The molecule has 0 atom stereocenters. The molecule has 0 amide bonds. The molecule has 22 heavy (non-hydrogen) atoms. The lowest BCUT2D eigenvalue weighted by molar-refractivity contribution is 0.423. The summed E-state index contributed by atoms with van der Waals surface area (Å²) in [6.45, 7) is 15.3. The van der Waals surface area contributed by atoms with Gasteiger partial charge in [0.2, 0.25) is 0 Å². The Kier molecular flexibility index (Phi) is 6.85. The van der Waals surface area contributed by atoms with Gasteiger partial charge in [0.1, 0.15) is 5.75 Å². The Labute approximate surface area is 141 Å². The molecule has 0 saturated heterocycles. The maximum atomic E-state index is 10.7. The maximum Gasteiger partial charge on any atom is 0.123 e. The Morgan fingerprint density at radius 3 is 1.82 bits per heavy atom. The summed E-state index contributed by atoms with van der Waals surface area (Å²) in [5.41, 5.74) is 3.45. The topological polar surface area (TPSA) is 20.2 Å². The third-order valence-corrected chi connectivity index (χ3v) is 5.03. The van der Waals surface area contributed by atoms with E-state index in [0.29, 0.717) is 5.75 Å². The molecule has 2 heteroatoms. The van der Waals surface area contributed by atoms with Gasteiger partial charge in [-0.1, -0.05) is 67.0 Å². The first-order valence-electron chi connectivity index (χ1n) is 8.52. The Morgan fingerprint density at radius 2 is 1.41 bits per heavy atom. The molecule has 1 N–H and O–H groups in total. The van der Waals surface area contributed by atoms with Crippen molar-refractivity contribution >= 4 is 11.8 Å². The standard InChI is InChI=1S/C20H34OS/c1-8-9-11-22-12-10-15-13-16(19(2,3)4)18(21)17(14-15)20(5,6)7/h13-14,21H,8-12H2,1-7H3. The predicted octanol–water partition coefficient (Wildman–Crippen LogP) is 6.06. The van der Waals surface area contributed by atoms with Gasteiger partial charge < -0.3 is 5.11 Å². The molecular formula is C20H34OS. The van der Waals surface area contributed by atoms with Gasteiger partial charge in [-0.2, -0.15) is 11.8 Å². The van der Waals surface area contributed by atoms with E-state index in [-0.39, 0.29) is 10.8 Å². The fourth-order valence-electron chi connectivity index (χ4n) is 2.52. The van der Waals surface area contributed by atoms with Crippen molar-refractivity contribution in [3.63, 3.8) is 0 Å². The second-order valence-electron chi connectivity index (χ2n) is 8.26. The molecular weight excluding hydrogens is 288 g/mol. The van der Waals surface area contributed by atoms with Gasteiger partial charge in [-0.3, -0.25) is 0 Å². The summed E-state index contributed by atoms with van der Waals surface area (Å²) in [4.78, 5) is 0. The summed E-state index contributed by atoms with van der Waals surface area (Å²) >= 11 is 2.04. The van der Waals surface area contributed by atoms with Crippen molar-refractivity contribution in [1.29, 1.82) is 0 Å². The lowest BCUT2D eigenvalue weighted by Gasteiger charge is -2.28. The zero-order valence-electron chi connectivity index (χ0n) is 15.5. The Balaban J connectivity index is 3.03. The van der Waals surface area contributed by atoms with Crippen LogP contribution in [0.15, 0.2) is 12.1 Å². The number of hydrogen-bond donors (Lipinski definition) is 1. The van der Waals surface area contributed by atoms with Crippen LogP contribution >= 0.6 is 11.8 Å². The Morgan fingerprint density at radius 1 is 0.909 bits per heavy atom. The lowest BCUT2D eigenvalue weighted by Crippen LogP contribution is -2.18. The van der Waals surface area contributed by atoms with E-state index in [0.717, 1.165) is 23.3 Å². The van der Waals surface area contributed by atoms with E-state index in [1.165, 1.54) is 24.2 Å². The van der Waals surface area contributed by atoms with Crippen LogP contribution in [0.1, 0.15) is 78.0 Å². The molecule has 0 bridgehead atoms. The van der Waals surface area contributed by atoms with Crippen molar-refractivity contribution in [2.24, 2.45) is 0 Å². The second kappa shape index (κ2) is 7.77. The Hall–Kier alpha value is -0.630. The van der Waals surface area contributed by atoms with Crippen LogP contribution in [0, 0.1) is 0 Å². The van der Waals surface area contributed by atoms with Gasteiger partial charge >= 0.3 is 0 Å². The third-order valence-electron chi connectivity index (χ3n) is 3.96. The first kappa shape index (κ1) is 19.4. The molecule has 0 saturated carbocycles. The first-order valence-corrected chi connectivity index (χ1v) is 9.67. The summed E-state index contributed by atoms with van der Waals surface area (Å²) in [5.74, 6) is 2.91.